The molecule has 0 unspecified atom stereocenters. The summed E-state index contributed by atoms with van der Waals surface area (Å²) in [5, 5.41) is 0. The summed E-state index contributed by atoms with van der Waals surface area (Å²) in [6.07, 6.45) is 0. The Hall–Kier alpha value is -2.15. The number of pyridine rings is 3. The van der Waals surface area contributed by atoms with E-state index < -0.39 is 0 Å². The van der Waals surface area contributed by atoms with Crippen LogP contribution in [0.5, 0.6) is 0 Å². The molecular weight excluding hydrogens is 322 g/mol. The molecule has 4 heteroatoms. The zero-order chi connectivity index (χ0) is 15.5. The summed E-state index contributed by atoms with van der Waals surface area (Å²) in [6.45, 7) is 5.98. The average Bonchev–Trinajstić information content (AvgIpc) is 2.48. The zero-order valence-corrected chi connectivity index (χ0v) is 14.7. The van der Waals surface area contributed by atoms with Crippen LogP contribution in [-0.4, -0.2) is 15.0 Å². The van der Waals surface area contributed by atoms with Gasteiger partial charge >= 0.3 is 0 Å². The van der Waals surface area contributed by atoms with Crippen molar-refractivity contribution in [2.75, 3.05) is 0 Å². The van der Waals surface area contributed by atoms with Crippen molar-refractivity contribution >= 4 is 0 Å². The van der Waals surface area contributed by atoms with Gasteiger partial charge in [-0.1, -0.05) is 36.4 Å². The van der Waals surface area contributed by atoms with E-state index in [1.54, 1.807) is 0 Å². The fraction of sp³-hybridized carbons (Fsp3) is 0.158. The van der Waals surface area contributed by atoms with Crippen LogP contribution in [0.25, 0.3) is 0 Å². The molecule has 3 aromatic heterocycles. The molecule has 0 aliphatic rings. The Labute approximate surface area is 148 Å². The van der Waals surface area contributed by atoms with Gasteiger partial charge in [-0.3, -0.25) is 15.0 Å². The van der Waals surface area contributed by atoms with Crippen molar-refractivity contribution in [2.45, 2.75) is 20.8 Å². The molecule has 0 aliphatic carbocycles. The van der Waals surface area contributed by atoms with Gasteiger partial charge in [0.25, 0.3) is 0 Å². The van der Waals surface area contributed by atoms with E-state index in [0.717, 1.165) is 40.1 Å². The summed E-state index contributed by atoms with van der Waals surface area (Å²) in [7, 11) is 0. The fourth-order valence-corrected chi connectivity index (χ4v) is 2.44. The van der Waals surface area contributed by atoms with E-state index in [2.05, 4.69) is 15.0 Å². The molecule has 0 fully saturated rings. The molecule has 3 rings (SSSR count). The molecule has 3 aromatic rings. The molecular formula is C19H18CrN3-. The second kappa shape index (κ2) is 7.41. The predicted molar refractivity (Wildman–Crippen MR) is 87.5 cm³/mol. The first-order valence-electron chi connectivity index (χ1n) is 7.32. The first-order chi connectivity index (χ1) is 10.6. The molecule has 3 nitrogen and oxygen atoms in total. The van der Waals surface area contributed by atoms with E-state index in [9.17, 15) is 0 Å². The van der Waals surface area contributed by atoms with Crippen LogP contribution in [-0.2, 0) is 17.4 Å². The Morgan fingerprint density at radius 3 is 1.13 bits per heavy atom. The molecule has 0 N–H and O–H groups in total. The number of hydrogen-bond acceptors (Lipinski definition) is 3. The van der Waals surface area contributed by atoms with Crippen LogP contribution < -0.4 is 0 Å². The Morgan fingerprint density at radius 2 is 0.870 bits per heavy atom. The van der Waals surface area contributed by atoms with Crippen molar-refractivity contribution < 1.29 is 17.4 Å². The predicted octanol–water partition coefficient (Wildman–Crippen LogP) is 3.81. The molecule has 0 saturated carbocycles. The standard InChI is InChI=1S/C19H18N3.Cr/c1-13-7-4-10-16(20-13)19(17-11-5-8-14(2)21-17)18-12-6-9-15(3)22-18;/h4-12H,1-3H3;/q-1;. The van der Waals surface area contributed by atoms with E-state index in [0.29, 0.717) is 0 Å². The number of nitrogens with zero attached hydrogens (tertiary/aromatic N) is 3. The minimum atomic E-state index is 0. The summed E-state index contributed by atoms with van der Waals surface area (Å²) in [5.41, 5.74) is 5.64. The molecule has 0 aromatic carbocycles. The van der Waals surface area contributed by atoms with Crippen LogP contribution in [0.4, 0.5) is 0 Å². The number of aromatic nitrogens is 3. The van der Waals surface area contributed by atoms with Crippen molar-refractivity contribution in [3.8, 4) is 0 Å². The molecule has 3 heterocycles. The van der Waals surface area contributed by atoms with E-state index in [4.69, 9.17) is 0 Å². The smallest absolute Gasteiger partial charge is 0.0352 e. The number of rotatable bonds is 3. The third kappa shape index (κ3) is 3.98. The maximum atomic E-state index is 4.67. The largest absolute Gasteiger partial charge is 0.273 e. The van der Waals surface area contributed by atoms with Gasteiger partial charge in [0.05, 0.1) is 0 Å². The van der Waals surface area contributed by atoms with Gasteiger partial charge in [-0.25, -0.2) is 0 Å². The Bertz CT molecular complexity index is 694. The first-order valence-corrected chi connectivity index (χ1v) is 7.32. The van der Waals surface area contributed by atoms with Crippen LogP contribution in [0.2, 0.25) is 0 Å². The Balaban J connectivity index is 0.00000192. The second-order valence-electron chi connectivity index (χ2n) is 5.37. The molecule has 0 aliphatic heterocycles. The van der Waals surface area contributed by atoms with Gasteiger partial charge in [-0.05, 0) is 43.8 Å². The van der Waals surface area contributed by atoms with Gasteiger partial charge in [-0.15, -0.1) is 18.2 Å². The van der Waals surface area contributed by atoms with Crippen LogP contribution in [0.1, 0.15) is 34.2 Å². The van der Waals surface area contributed by atoms with Crippen molar-refractivity contribution in [3.63, 3.8) is 0 Å². The number of aryl methyl sites for hydroxylation is 3. The van der Waals surface area contributed by atoms with Gasteiger partial charge in [0, 0.05) is 34.4 Å². The van der Waals surface area contributed by atoms with Crippen LogP contribution in [0, 0.1) is 26.7 Å². The summed E-state index contributed by atoms with van der Waals surface area (Å²) in [5.74, 6) is 0.969. The zero-order valence-electron chi connectivity index (χ0n) is 13.4. The molecule has 116 valence electrons. The number of hydrogen-bond donors (Lipinski definition) is 0. The normalized spacial score (nSPS) is 10.0. The van der Waals surface area contributed by atoms with Gasteiger partial charge in [0.15, 0.2) is 0 Å². The second-order valence-corrected chi connectivity index (χ2v) is 5.37. The molecule has 23 heavy (non-hydrogen) atoms. The van der Waals surface area contributed by atoms with E-state index in [-0.39, 0.29) is 17.4 Å². The van der Waals surface area contributed by atoms with Crippen LogP contribution in [0.15, 0.2) is 54.6 Å². The van der Waals surface area contributed by atoms with Crippen molar-refractivity contribution in [1.82, 2.24) is 15.0 Å². The van der Waals surface area contributed by atoms with Crippen LogP contribution >= 0.6 is 0 Å². The Morgan fingerprint density at radius 1 is 0.565 bits per heavy atom. The molecule has 0 atom stereocenters. The first kappa shape index (κ1) is 17.2. The van der Waals surface area contributed by atoms with Gasteiger partial charge in [0.2, 0.25) is 0 Å². The molecule has 0 amide bonds. The van der Waals surface area contributed by atoms with E-state index >= 15 is 0 Å². The average molecular weight is 340 g/mol. The third-order valence-corrected chi connectivity index (χ3v) is 3.43. The SMILES string of the molecule is Cc1cccc([C-](c2cccc(C)n2)c2cccc(C)n2)n1.[Cr]. The maximum Gasteiger partial charge on any atom is 0.0352 e. The summed E-state index contributed by atoms with van der Waals surface area (Å²) >= 11 is 0. The molecule has 0 bridgehead atoms. The van der Waals surface area contributed by atoms with E-state index in [1.165, 1.54) is 0 Å². The topological polar surface area (TPSA) is 38.7 Å². The van der Waals surface area contributed by atoms with E-state index in [1.807, 2.05) is 75.4 Å². The van der Waals surface area contributed by atoms with Gasteiger partial charge in [0.1, 0.15) is 0 Å². The minimum Gasteiger partial charge on any atom is -0.273 e. The van der Waals surface area contributed by atoms with Gasteiger partial charge < -0.3 is 0 Å². The molecule has 0 spiro atoms. The van der Waals surface area contributed by atoms with Gasteiger partial charge in [-0.2, -0.15) is 0 Å². The minimum absolute atomic E-state index is 0. The maximum absolute atomic E-state index is 4.67. The quantitative estimate of drug-likeness (QED) is 0.681. The Kier molecular flexibility index (Phi) is 5.55. The molecule has 0 saturated heterocycles. The third-order valence-electron chi connectivity index (χ3n) is 3.43. The van der Waals surface area contributed by atoms with Crippen molar-refractivity contribution in [1.29, 1.82) is 0 Å². The summed E-state index contributed by atoms with van der Waals surface area (Å²) < 4.78 is 0. The summed E-state index contributed by atoms with van der Waals surface area (Å²) in [4.78, 5) is 14.0. The molecule has 0 radical (unpaired) electrons. The van der Waals surface area contributed by atoms with Crippen molar-refractivity contribution in [3.05, 3.63) is 94.7 Å². The van der Waals surface area contributed by atoms with Crippen LogP contribution in [0.3, 0.4) is 0 Å². The van der Waals surface area contributed by atoms with Crippen molar-refractivity contribution in [2.24, 2.45) is 0 Å². The summed E-state index contributed by atoms with van der Waals surface area (Å²) in [6, 6.07) is 18.1. The monoisotopic (exact) mass is 340 g/mol. The fourth-order valence-electron chi connectivity index (χ4n) is 2.44.